The molecule has 2 unspecified atom stereocenters. The van der Waals surface area contributed by atoms with Gasteiger partial charge in [0.05, 0.1) is 0 Å². The Kier molecular flexibility index (Phi) is 14.3. The fourth-order valence-corrected chi connectivity index (χ4v) is 6.84. The Morgan fingerprint density at radius 2 is 1.07 bits per heavy atom. The number of hydrogen-bond acceptors (Lipinski definition) is 1. The molecule has 2 aliphatic carbocycles. The number of allylic oxidation sites excluding steroid dienone is 2. The van der Waals surface area contributed by atoms with Crippen molar-refractivity contribution in [2.75, 3.05) is 0 Å². The van der Waals surface area contributed by atoms with Crippen LogP contribution in [0.2, 0.25) is 0 Å². The fourth-order valence-electron chi connectivity index (χ4n) is 5.06. The van der Waals surface area contributed by atoms with E-state index in [9.17, 15) is 0 Å². The van der Waals surface area contributed by atoms with Gasteiger partial charge in [-0.05, 0) is 64.2 Å². The minimum absolute atomic E-state index is 0.806. The number of hydrogen-bond donors (Lipinski definition) is 0. The molecule has 0 saturated carbocycles. The van der Waals surface area contributed by atoms with Crippen LogP contribution in [-0.4, -0.2) is 10.5 Å². The van der Waals surface area contributed by atoms with Gasteiger partial charge in [0.25, 0.3) is 0 Å². The molecule has 0 fully saturated rings. The van der Waals surface area contributed by atoms with E-state index in [2.05, 4.69) is 37.8 Å². The highest BCUT2D eigenvalue weighted by Gasteiger charge is 2.24. The Hall–Kier alpha value is -0.170. The summed E-state index contributed by atoms with van der Waals surface area (Å²) in [5.74, 6) is 0. The van der Waals surface area contributed by atoms with E-state index in [4.69, 9.17) is 0 Å². The smallest absolute Gasteiger partial charge is 0.0262 e. The van der Waals surface area contributed by atoms with E-state index in [0.29, 0.717) is 0 Å². The van der Waals surface area contributed by atoms with Gasteiger partial charge >= 0.3 is 0 Å². The van der Waals surface area contributed by atoms with E-state index in [0.717, 1.165) is 10.5 Å². The maximum Gasteiger partial charge on any atom is 0.0262 e. The molecule has 0 bridgehead atoms. The molecule has 1 heteroatoms. The van der Waals surface area contributed by atoms with Gasteiger partial charge in [-0.2, -0.15) is 0 Å². The van der Waals surface area contributed by atoms with Crippen LogP contribution in [0.5, 0.6) is 0 Å². The Bertz CT molecular complexity index is 419. The van der Waals surface area contributed by atoms with E-state index in [1.165, 1.54) is 128 Å². The summed E-state index contributed by atoms with van der Waals surface area (Å²) in [5, 5.41) is 1.61. The van der Waals surface area contributed by atoms with Crippen molar-refractivity contribution in [1.29, 1.82) is 0 Å². The van der Waals surface area contributed by atoms with E-state index in [-0.39, 0.29) is 0 Å². The second kappa shape index (κ2) is 16.5. The number of rotatable bonds is 16. The summed E-state index contributed by atoms with van der Waals surface area (Å²) in [6, 6.07) is 0. The van der Waals surface area contributed by atoms with E-state index in [1.54, 1.807) is 0 Å². The van der Waals surface area contributed by atoms with E-state index >= 15 is 0 Å². The Labute approximate surface area is 187 Å². The highest BCUT2D eigenvalue weighted by atomic mass is 32.2. The summed E-state index contributed by atoms with van der Waals surface area (Å²) in [6.45, 7) is 4.66. The monoisotopic (exact) mass is 418 g/mol. The van der Waals surface area contributed by atoms with Crippen molar-refractivity contribution in [3.05, 3.63) is 23.3 Å². The molecule has 0 aromatic carbocycles. The molecule has 0 spiro atoms. The van der Waals surface area contributed by atoms with Gasteiger partial charge in [-0.1, -0.05) is 101 Å². The van der Waals surface area contributed by atoms with Crippen LogP contribution in [0.3, 0.4) is 0 Å². The first-order valence-corrected chi connectivity index (χ1v) is 14.3. The largest absolute Gasteiger partial charge is 0.146 e. The minimum Gasteiger partial charge on any atom is -0.146 e. The summed E-state index contributed by atoms with van der Waals surface area (Å²) in [6.07, 6.45) is 33.5. The quantitative estimate of drug-likeness (QED) is 0.177. The van der Waals surface area contributed by atoms with Gasteiger partial charge in [-0.3, -0.25) is 0 Å². The SMILES string of the molecule is CCCCCCCC(SC(CCCCCCC)C1=CCCCC1)C1=CCCCC1. The van der Waals surface area contributed by atoms with Crippen molar-refractivity contribution >= 4 is 11.8 Å². The van der Waals surface area contributed by atoms with Crippen molar-refractivity contribution in [2.24, 2.45) is 0 Å². The molecular weight excluding hydrogens is 368 g/mol. The predicted octanol–water partition coefficient (Wildman–Crippen LogP) is 10.2. The summed E-state index contributed by atoms with van der Waals surface area (Å²) in [5.41, 5.74) is 3.65. The Balaban J connectivity index is 1.95. The second-order valence-corrected chi connectivity index (χ2v) is 11.0. The number of thioether (sulfide) groups is 1. The fraction of sp³-hybridized carbons (Fsp3) is 0.857. The van der Waals surface area contributed by atoms with Crippen molar-refractivity contribution in [1.82, 2.24) is 0 Å². The Morgan fingerprint density at radius 3 is 1.45 bits per heavy atom. The molecule has 2 atom stereocenters. The number of unbranched alkanes of at least 4 members (excludes halogenated alkanes) is 8. The molecule has 2 rings (SSSR count). The third kappa shape index (κ3) is 10.6. The van der Waals surface area contributed by atoms with Gasteiger partial charge in [-0.15, -0.1) is 11.8 Å². The zero-order chi connectivity index (χ0) is 20.6. The third-order valence-electron chi connectivity index (χ3n) is 6.95. The van der Waals surface area contributed by atoms with Crippen LogP contribution < -0.4 is 0 Å². The van der Waals surface area contributed by atoms with Crippen LogP contribution in [0.4, 0.5) is 0 Å². The normalized spacial score (nSPS) is 19.5. The summed E-state index contributed by atoms with van der Waals surface area (Å²) < 4.78 is 0. The molecule has 0 saturated heterocycles. The van der Waals surface area contributed by atoms with Crippen molar-refractivity contribution in [3.8, 4) is 0 Å². The van der Waals surface area contributed by atoms with Crippen molar-refractivity contribution in [2.45, 2.75) is 153 Å². The molecule has 0 nitrogen and oxygen atoms in total. The van der Waals surface area contributed by atoms with E-state index < -0.39 is 0 Å². The molecule has 0 heterocycles. The summed E-state index contributed by atoms with van der Waals surface area (Å²) >= 11 is 2.39. The molecule has 0 N–H and O–H groups in total. The molecule has 0 aromatic heterocycles. The molecule has 29 heavy (non-hydrogen) atoms. The van der Waals surface area contributed by atoms with Crippen LogP contribution in [0.25, 0.3) is 0 Å². The van der Waals surface area contributed by atoms with Crippen LogP contribution in [0, 0.1) is 0 Å². The van der Waals surface area contributed by atoms with Crippen molar-refractivity contribution < 1.29 is 0 Å². The first kappa shape index (κ1) is 25.1. The average molecular weight is 419 g/mol. The predicted molar refractivity (Wildman–Crippen MR) is 135 cm³/mol. The van der Waals surface area contributed by atoms with Gasteiger partial charge in [0, 0.05) is 10.5 Å². The van der Waals surface area contributed by atoms with Crippen LogP contribution in [0.1, 0.15) is 142 Å². The van der Waals surface area contributed by atoms with E-state index in [1.807, 2.05) is 11.1 Å². The van der Waals surface area contributed by atoms with Crippen molar-refractivity contribution in [3.63, 3.8) is 0 Å². The van der Waals surface area contributed by atoms with Crippen LogP contribution >= 0.6 is 11.8 Å². The topological polar surface area (TPSA) is 0 Å². The molecule has 0 aromatic rings. The van der Waals surface area contributed by atoms with Gasteiger partial charge < -0.3 is 0 Å². The minimum atomic E-state index is 0.806. The van der Waals surface area contributed by atoms with Gasteiger partial charge in [0.2, 0.25) is 0 Å². The summed E-state index contributed by atoms with van der Waals surface area (Å²) in [7, 11) is 0. The first-order valence-electron chi connectivity index (χ1n) is 13.4. The van der Waals surface area contributed by atoms with Gasteiger partial charge in [-0.25, -0.2) is 0 Å². The lowest BCUT2D eigenvalue weighted by atomic mass is 9.94. The molecule has 0 aliphatic heterocycles. The molecule has 2 aliphatic rings. The lowest BCUT2D eigenvalue weighted by Crippen LogP contribution is -2.18. The zero-order valence-electron chi connectivity index (χ0n) is 19.9. The lowest BCUT2D eigenvalue weighted by Gasteiger charge is -2.30. The lowest BCUT2D eigenvalue weighted by molar-refractivity contribution is 0.585. The third-order valence-corrected chi connectivity index (χ3v) is 8.68. The van der Waals surface area contributed by atoms with Gasteiger partial charge in [0.15, 0.2) is 0 Å². The van der Waals surface area contributed by atoms with Crippen LogP contribution in [0.15, 0.2) is 23.3 Å². The maximum absolute atomic E-state index is 2.64. The molecule has 0 amide bonds. The van der Waals surface area contributed by atoms with Crippen LogP contribution in [-0.2, 0) is 0 Å². The molecule has 0 radical (unpaired) electrons. The highest BCUT2D eigenvalue weighted by Crippen LogP contribution is 2.40. The zero-order valence-corrected chi connectivity index (χ0v) is 20.7. The summed E-state index contributed by atoms with van der Waals surface area (Å²) in [4.78, 5) is 0. The highest BCUT2D eigenvalue weighted by molar-refractivity contribution is 8.00. The average Bonchev–Trinajstić information content (AvgIpc) is 2.78. The standard InChI is InChI=1S/C28H50S/c1-3-5-7-9-17-23-27(25-19-13-11-14-20-25)29-28(24-18-10-8-6-4-2)26-21-15-12-16-22-26/h19,21,27-28H,3-18,20,22-24H2,1-2H3. The van der Waals surface area contributed by atoms with Gasteiger partial charge in [0.1, 0.15) is 0 Å². The first-order chi connectivity index (χ1) is 14.3. The Morgan fingerprint density at radius 1 is 0.621 bits per heavy atom. The molecular formula is C28H50S. The molecule has 168 valence electrons. The maximum atomic E-state index is 2.64. The second-order valence-electron chi connectivity index (χ2n) is 9.57.